The molecule has 8 nitrogen and oxygen atoms in total. The fourth-order valence-corrected chi connectivity index (χ4v) is 10.9. The number of aryl methyl sites for hydroxylation is 1. The zero-order valence-electron chi connectivity index (χ0n) is 48.9. The second kappa shape index (κ2) is 40.7. The number of benzene rings is 8. The molecule has 0 saturated heterocycles. The summed E-state index contributed by atoms with van der Waals surface area (Å²) in [5.74, 6) is -3.34. The van der Waals surface area contributed by atoms with E-state index in [1.807, 2.05) is 138 Å². The van der Waals surface area contributed by atoms with Gasteiger partial charge in [-0.2, -0.15) is 0 Å². The van der Waals surface area contributed by atoms with Gasteiger partial charge in [0.25, 0.3) is 0 Å². The molecule has 20 heteroatoms. The van der Waals surface area contributed by atoms with Gasteiger partial charge in [0.1, 0.15) is 41.2 Å². The van der Waals surface area contributed by atoms with E-state index >= 15 is 0 Å². The summed E-state index contributed by atoms with van der Waals surface area (Å²) >= 11 is 13.4. The van der Waals surface area contributed by atoms with Crippen molar-refractivity contribution in [1.82, 2.24) is 4.98 Å². The first-order valence-electron chi connectivity index (χ1n) is 27.2. The summed E-state index contributed by atoms with van der Waals surface area (Å²) in [7, 11) is -3.51. The van der Waals surface area contributed by atoms with Gasteiger partial charge < -0.3 is 22.5 Å². The Balaban J connectivity index is 0.000000240. The van der Waals surface area contributed by atoms with Gasteiger partial charge in [-0.25, -0.2) is 31.3 Å². The van der Waals surface area contributed by atoms with Crippen molar-refractivity contribution in [1.29, 1.82) is 0 Å². The van der Waals surface area contributed by atoms with Crippen LogP contribution in [0, 0.1) is 41.8 Å². The van der Waals surface area contributed by atoms with Crippen LogP contribution in [0.5, 0.6) is 0 Å². The van der Waals surface area contributed by atoms with Gasteiger partial charge in [0, 0.05) is 48.3 Å². The fraction of sp³-hybridized carbons (Fsp3) is 0.176. The molecule has 0 aliphatic carbocycles. The zero-order chi connectivity index (χ0) is 64.4. The van der Waals surface area contributed by atoms with Gasteiger partial charge >= 0.3 is 8.60 Å². The lowest BCUT2D eigenvalue weighted by Gasteiger charge is -2.12. The Morgan fingerprint density at radius 2 is 0.920 bits per heavy atom. The van der Waals surface area contributed by atoms with Crippen molar-refractivity contribution >= 4 is 110 Å². The predicted octanol–water partition coefficient (Wildman–Crippen LogP) is 23.0. The second-order valence-electron chi connectivity index (χ2n) is 18.2. The molecule has 9 aromatic rings. The maximum Gasteiger partial charge on any atom is 0.332 e. The number of carbonyl (C=O) groups excluding carboxylic acids is 1. The minimum atomic E-state index is -2.44. The molecule has 88 heavy (non-hydrogen) atoms. The molecule has 0 saturated carbocycles. The summed E-state index contributed by atoms with van der Waals surface area (Å²) < 4.78 is 120. The van der Waals surface area contributed by atoms with Gasteiger partial charge in [-0.1, -0.05) is 161 Å². The molecule has 8 aromatic carbocycles. The summed E-state index contributed by atoms with van der Waals surface area (Å²) in [6, 6.07) is 48.3. The monoisotopic (exact) mass is 1500 g/mol. The molecule has 0 aliphatic rings. The molecule has 1 atom stereocenters. The lowest BCUT2D eigenvalue weighted by molar-refractivity contribution is 0.111. The summed E-state index contributed by atoms with van der Waals surface area (Å²) in [6.07, 6.45) is 10.1. The Kier molecular flexibility index (Phi) is 34.5. The van der Waals surface area contributed by atoms with Crippen molar-refractivity contribution in [3.8, 4) is 22.6 Å². The largest absolute Gasteiger partial charge is 0.445 e. The maximum atomic E-state index is 13.7. The Hall–Kier alpha value is -5.88. The van der Waals surface area contributed by atoms with Crippen LogP contribution in [0.4, 0.5) is 26.3 Å². The van der Waals surface area contributed by atoms with Crippen molar-refractivity contribution in [2.24, 2.45) is 0 Å². The van der Waals surface area contributed by atoms with E-state index in [4.69, 9.17) is 22.5 Å². The molecule has 0 spiro atoms. The fourth-order valence-electron chi connectivity index (χ4n) is 7.34. The van der Waals surface area contributed by atoms with Crippen molar-refractivity contribution in [2.75, 3.05) is 33.1 Å². The van der Waals surface area contributed by atoms with Gasteiger partial charge in [-0.15, -0.1) is 0 Å². The van der Waals surface area contributed by atoms with E-state index in [9.17, 15) is 35.7 Å². The highest BCUT2D eigenvalue weighted by Gasteiger charge is 2.16. The molecule has 0 bridgehead atoms. The number of oxazole rings is 1. The summed E-state index contributed by atoms with van der Waals surface area (Å²) in [4.78, 5) is 14.2. The Labute approximate surface area is 546 Å². The number of rotatable bonds is 18. The first-order chi connectivity index (χ1) is 42.2. The molecule has 464 valence electrons. The number of halogens is 10. The topological polar surface area (TPSA) is 97.1 Å². The van der Waals surface area contributed by atoms with Crippen molar-refractivity contribution in [3.63, 3.8) is 0 Å². The molecule has 1 unspecified atom stereocenters. The number of aldehydes is 1. The third kappa shape index (κ3) is 27.1. The highest BCUT2D eigenvalue weighted by molar-refractivity contribution is 9.11. The summed E-state index contributed by atoms with van der Waals surface area (Å²) in [6.45, 7) is 13.8. The van der Waals surface area contributed by atoms with E-state index in [2.05, 4.69) is 80.8 Å². The van der Waals surface area contributed by atoms with Crippen LogP contribution in [0.1, 0.15) is 77.0 Å². The molecule has 0 N–H and O–H groups in total. The predicted molar refractivity (Wildman–Crippen MR) is 360 cm³/mol. The molecule has 0 aliphatic heterocycles. The average Bonchev–Trinajstić information content (AvgIpc) is 2.10. The van der Waals surface area contributed by atoms with Crippen LogP contribution in [-0.2, 0) is 34.2 Å². The van der Waals surface area contributed by atoms with Gasteiger partial charge in [0.15, 0.2) is 6.29 Å². The quantitative estimate of drug-likeness (QED) is 0.0276. The summed E-state index contributed by atoms with van der Waals surface area (Å²) in [5, 5.41) is 0.931. The van der Waals surface area contributed by atoms with Crippen LogP contribution in [0.2, 0.25) is 0 Å². The lowest BCUT2D eigenvalue weighted by Crippen LogP contribution is -1.94. The van der Waals surface area contributed by atoms with E-state index < -0.39 is 56.4 Å². The number of hydrogen-bond donors (Lipinski definition) is 0. The van der Waals surface area contributed by atoms with E-state index in [0.717, 1.165) is 69.8 Å². The van der Waals surface area contributed by atoms with E-state index in [-0.39, 0.29) is 17.4 Å². The van der Waals surface area contributed by atoms with Crippen LogP contribution >= 0.6 is 79.7 Å². The SMILES string of the molecule is BrCc1ccc(Br)cc1.CCOP(C)(=O)Cc1ccc(Br)cc1.CCOP(OCC)OCC.Cc1ccc(-c2ncco2)cc1-c1ccc(/C=C/c2c(F)cccc2F)cc1.Fc1cccc(F)c1/C=C/c1ccc(Br)cc1.O=Cc1c(F)cccc1F. The first kappa shape index (κ1) is 74.6. The number of carbonyl (C=O) groups is 1. The minimum Gasteiger partial charge on any atom is -0.445 e. The molecule has 0 fully saturated rings. The van der Waals surface area contributed by atoms with Crippen LogP contribution in [0.3, 0.4) is 0 Å². The minimum absolute atomic E-state index is 0.0181. The van der Waals surface area contributed by atoms with Gasteiger partial charge in [0.2, 0.25) is 13.3 Å². The number of hydrogen-bond acceptors (Lipinski definition) is 8. The van der Waals surface area contributed by atoms with Crippen LogP contribution < -0.4 is 0 Å². The van der Waals surface area contributed by atoms with Crippen molar-refractivity contribution < 1.29 is 58.2 Å². The van der Waals surface area contributed by atoms with Crippen molar-refractivity contribution in [3.05, 3.63) is 275 Å². The third-order valence-corrected chi connectivity index (χ3v) is 17.0. The normalized spacial score (nSPS) is 11.4. The maximum absolute atomic E-state index is 13.7. The van der Waals surface area contributed by atoms with Crippen LogP contribution in [-0.4, -0.2) is 44.4 Å². The molecule has 9 rings (SSSR count). The lowest BCUT2D eigenvalue weighted by atomic mass is 9.97. The average molecular weight is 1500 g/mol. The number of nitrogens with zero attached hydrogens (tertiary/aromatic N) is 1. The molecular weight excluding hydrogens is 1440 g/mol. The van der Waals surface area contributed by atoms with Gasteiger partial charge in [-0.3, -0.25) is 9.36 Å². The molecule has 0 amide bonds. The highest BCUT2D eigenvalue weighted by Crippen LogP contribution is 2.46. The molecule has 1 aromatic heterocycles. The van der Waals surface area contributed by atoms with E-state index in [1.54, 1.807) is 31.3 Å². The van der Waals surface area contributed by atoms with E-state index in [0.29, 0.717) is 38.5 Å². The zero-order valence-corrected chi connectivity index (χ0v) is 57.1. The van der Waals surface area contributed by atoms with Crippen molar-refractivity contribution in [2.45, 2.75) is 46.1 Å². The molecule has 1 heterocycles. The van der Waals surface area contributed by atoms with Gasteiger partial charge in [-0.05, 0) is 171 Å². The molecular formula is C68H65Br4F6NO7P2. The Bertz CT molecular complexity index is 3550. The second-order valence-corrected chi connectivity index (χ2v) is 25.3. The standard InChI is InChI=1S/C24H17F2NO.C14H9BrF2.C10H14BrO2P.C7H6Br2.C7H4F2O.C6H15O3P/c1-16-5-9-19(24-27-13-14-28-24)15-21(16)18-10-6-17(7-11-18)8-12-20-22(25)3-2-4-23(20)26;15-11-7-4-10(5-8-11)6-9-12-13(16)2-1-3-14(12)17;1-3-13-14(2,12)8-9-4-6-10(11)7-5-9;8-5-6-1-3-7(9)4-2-6;8-6-2-1-3-7(9)5(6)4-10;1-4-7-10(8-5-2)9-6-3/h2-15H,1H3;1-9H;4-7H,3,8H2,1-2H3;1-4H,5H2;1-4H;4-6H2,1-3H3/b12-8+;9-6+;;;;. The smallest absolute Gasteiger partial charge is 0.332 e. The number of aromatic nitrogens is 1. The van der Waals surface area contributed by atoms with Crippen LogP contribution in [0.25, 0.3) is 46.9 Å². The Morgan fingerprint density at radius 1 is 0.523 bits per heavy atom. The van der Waals surface area contributed by atoms with E-state index in [1.165, 1.54) is 60.2 Å². The van der Waals surface area contributed by atoms with Crippen LogP contribution in [0.15, 0.2) is 200 Å². The highest BCUT2D eigenvalue weighted by atomic mass is 79.9. The summed E-state index contributed by atoms with van der Waals surface area (Å²) in [5.41, 5.74) is 7.68. The number of alkyl halides is 1. The molecule has 0 radical (unpaired) electrons. The third-order valence-electron chi connectivity index (χ3n) is 11.6. The first-order valence-corrected chi connectivity index (χ1v) is 34.0. The Morgan fingerprint density at radius 3 is 1.30 bits per heavy atom. The van der Waals surface area contributed by atoms with Gasteiger partial charge in [0.05, 0.1) is 38.2 Å².